The van der Waals surface area contributed by atoms with E-state index in [0.717, 1.165) is 12.1 Å². The van der Waals surface area contributed by atoms with Crippen molar-refractivity contribution in [2.24, 2.45) is 0 Å². The van der Waals surface area contributed by atoms with Crippen molar-refractivity contribution in [3.8, 4) is 0 Å². The highest BCUT2D eigenvalue weighted by molar-refractivity contribution is 7.89. The molecule has 1 aromatic heterocycles. The minimum absolute atomic E-state index is 0.0133. The molecule has 13 heteroatoms. The normalized spacial score (nSPS) is 14.9. The lowest BCUT2D eigenvalue weighted by molar-refractivity contribution is 0.251. The van der Waals surface area contributed by atoms with Crippen LogP contribution in [-0.4, -0.2) is 37.5 Å². The van der Waals surface area contributed by atoms with Crippen LogP contribution in [0.15, 0.2) is 53.6 Å². The molecule has 3 aromatic rings. The highest BCUT2D eigenvalue weighted by atomic mass is 32.2. The van der Waals surface area contributed by atoms with Crippen LogP contribution in [0.25, 0.3) is 0 Å². The number of rotatable bonds is 3. The molecule has 0 saturated heterocycles. The Labute approximate surface area is 194 Å². The summed E-state index contributed by atoms with van der Waals surface area (Å²) in [6.45, 7) is 0.625. The van der Waals surface area contributed by atoms with E-state index in [9.17, 15) is 22.0 Å². The first kappa shape index (κ1) is 23.3. The second kappa shape index (κ2) is 9.97. The number of sulfonamides is 1. The molecule has 5 N–H and O–H groups in total. The third kappa shape index (κ3) is 5.74. The zero-order valence-electron chi connectivity index (χ0n) is 17.7. The molecule has 178 valence electrons. The number of hydrogen-bond donors (Lipinski definition) is 5. The number of anilines is 4. The summed E-state index contributed by atoms with van der Waals surface area (Å²) in [5.74, 6) is -0.983. The van der Waals surface area contributed by atoms with Crippen molar-refractivity contribution in [2.75, 3.05) is 29.0 Å². The zero-order valence-corrected chi connectivity index (χ0v) is 18.5. The summed E-state index contributed by atoms with van der Waals surface area (Å²) in [5.41, 5.74) is 0.868. The van der Waals surface area contributed by atoms with Crippen molar-refractivity contribution in [3.05, 3.63) is 65.9 Å². The van der Waals surface area contributed by atoms with Gasteiger partial charge in [0.1, 0.15) is 17.5 Å². The summed E-state index contributed by atoms with van der Waals surface area (Å²) in [6, 6.07) is 8.39. The van der Waals surface area contributed by atoms with Crippen LogP contribution in [0.4, 0.5) is 36.7 Å². The molecule has 1 aliphatic heterocycles. The van der Waals surface area contributed by atoms with Crippen LogP contribution in [0.2, 0.25) is 0 Å². The molecule has 0 aliphatic carbocycles. The monoisotopic (exact) mass is 489 g/mol. The molecule has 4 rings (SSSR count). The minimum Gasteiger partial charge on any atom is -0.370 e. The van der Waals surface area contributed by atoms with Crippen molar-refractivity contribution in [2.45, 2.75) is 17.9 Å². The van der Waals surface area contributed by atoms with Gasteiger partial charge in [-0.15, -0.1) is 0 Å². The Morgan fingerprint density at radius 3 is 2.79 bits per heavy atom. The molecular weight excluding hydrogens is 468 g/mol. The van der Waals surface area contributed by atoms with E-state index < -0.39 is 27.7 Å². The molecule has 2 heterocycles. The number of hydrogen-bond acceptors (Lipinski definition) is 7. The molecule has 0 saturated carbocycles. The third-order valence-electron chi connectivity index (χ3n) is 4.82. The van der Waals surface area contributed by atoms with Crippen molar-refractivity contribution in [1.82, 2.24) is 20.0 Å². The van der Waals surface area contributed by atoms with Crippen LogP contribution in [0.1, 0.15) is 12.0 Å². The fourth-order valence-corrected chi connectivity index (χ4v) is 4.26. The summed E-state index contributed by atoms with van der Waals surface area (Å²) in [4.78, 5) is 21.0. The van der Waals surface area contributed by atoms with Gasteiger partial charge in [0.05, 0.1) is 10.6 Å². The highest BCUT2D eigenvalue weighted by Gasteiger charge is 2.16. The summed E-state index contributed by atoms with van der Waals surface area (Å²) in [5, 5.41) is 11.0. The molecule has 0 unspecified atom stereocenters. The van der Waals surface area contributed by atoms with E-state index in [1.807, 2.05) is 0 Å². The lowest BCUT2D eigenvalue weighted by atomic mass is 10.3. The van der Waals surface area contributed by atoms with Gasteiger partial charge in [0.25, 0.3) is 0 Å². The number of carbonyl (C=O) groups excluding carboxylic acids is 1. The van der Waals surface area contributed by atoms with Crippen LogP contribution < -0.4 is 26.0 Å². The number of halogens is 2. The minimum atomic E-state index is -3.65. The van der Waals surface area contributed by atoms with E-state index in [1.165, 1.54) is 18.3 Å². The maximum atomic E-state index is 13.8. The lowest BCUT2D eigenvalue weighted by Crippen LogP contribution is -2.29. The summed E-state index contributed by atoms with van der Waals surface area (Å²) < 4.78 is 54.2. The van der Waals surface area contributed by atoms with Gasteiger partial charge in [-0.25, -0.2) is 31.7 Å². The Balaban J connectivity index is 1.50. The van der Waals surface area contributed by atoms with E-state index >= 15 is 0 Å². The van der Waals surface area contributed by atoms with Gasteiger partial charge in [0.2, 0.25) is 16.0 Å². The number of aromatic nitrogens is 2. The first-order chi connectivity index (χ1) is 16.3. The van der Waals surface area contributed by atoms with Gasteiger partial charge in [-0.2, -0.15) is 4.98 Å². The van der Waals surface area contributed by atoms with Gasteiger partial charge in [-0.1, -0.05) is 6.07 Å². The van der Waals surface area contributed by atoms with Gasteiger partial charge in [0, 0.05) is 43.1 Å². The molecular formula is C21H21F2N7O3S. The van der Waals surface area contributed by atoms with Crippen molar-refractivity contribution in [1.29, 1.82) is 0 Å². The molecule has 34 heavy (non-hydrogen) atoms. The van der Waals surface area contributed by atoms with Crippen LogP contribution in [-0.2, 0) is 16.6 Å². The number of nitrogens with one attached hydrogen (secondary N) is 5. The Morgan fingerprint density at radius 2 is 1.97 bits per heavy atom. The summed E-state index contributed by atoms with van der Waals surface area (Å²) in [7, 11) is -3.65. The van der Waals surface area contributed by atoms with Crippen LogP contribution in [0, 0.1) is 11.6 Å². The van der Waals surface area contributed by atoms with E-state index in [0.29, 0.717) is 36.1 Å². The third-order valence-corrected chi connectivity index (χ3v) is 6.28. The van der Waals surface area contributed by atoms with Gasteiger partial charge < -0.3 is 21.3 Å². The first-order valence-electron chi connectivity index (χ1n) is 10.3. The van der Waals surface area contributed by atoms with E-state index in [1.54, 1.807) is 12.1 Å². The van der Waals surface area contributed by atoms with Crippen molar-refractivity contribution < 1.29 is 22.0 Å². The number of nitrogens with zero attached hydrogens (tertiary/aromatic N) is 2. The number of amides is 2. The fraction of sp³-hybridized carbons (Fsp3) is 0.190. The average molecular weight is 490 g/mol. The standard InChI is InChI=1S/C21H21F2N7O3S/c22-14-5-6-18(17(23)9-14)29-21(31)26-12-13-11-25-20-28-15-3-1-4-16(10-15)34(32,33)27-8-2-7-24-19(13)30-20/h1,3-6,9-11,27H,2,7-8,12H2,(H2,26,29,31)(H2,24,25,28,30). The summed E-state index contributed by atoms with van der Waals surface area (Å²) in [6.07, 6.45) is 1.98. The first-order valence-corrected chi connectivity index (χ1v) is 11.7. The topological polar surface area (TPSA) is 137 Å². The van der Waals surface area contributed by atoms with Crippen LogP contribution in [0.5, 0.6) is 0 Å². The number of benzene rings is 2. The molecule has 2 aromatic carbocycles. The quantitative estimate of drug-likeness (QED) is 0.382. The Bertz CT molecular complexity index is 1320. The molecule has 0 fully saturated rings. The number of urea groups is 1. The van der Waals surface area contributed by atoms with Gasteiger partial charge in [0.15, 0.2) is 0 Å². The van der Waals surface area contributed by atoms with E-state index in [4.69, 9.17) is 0 Å². The molecule has 1 aliphatic rings. The Hall–Kier alpha value is -3.84. The number of carbonyl (C=O) groups is 1. The fourth-order valence-electron chi connectivity index (χ4n) is 3.14. The smallest absolute Gasteiger partial charge is 0.319 e. The van der Waals surface area contributed by atoms with Gasteiger partial charge >= 0.3 is 6.03 Å². The maximum absolute atomic E-state index is 13.8. The maximum Gasteiger partial charge on any atom is 0.319 e. The zero-order chi connectivity index (χ0) is 24.1. The largest absolute Gasteiger partial charge is 0.370 e. The van der Waals surface area contributed by atoms with Crippen LogP contribution in [0.3, 0.4) is 0 Å². The van der Waals surface area contributed by atoms with E-state index in [-0.39, 0.29) is 29.6 Å². The Kier molecular flexibility index (Phi) is 6.84. The Morgan fingerprint density at radius 1 is 1.12 bits per heavy atom. The molecule has 10 nitrogen and oxygen atoms in total. The van der Waals surface area contributed by atoms with Gasteiger partial charge in [-0.3, -0.25) is 0 Å². The average Bonchev–Trinajstić information content (AvgIpc) is 2.80. The molecule has 2 amide bonds. The molecule has 0 atom stereocenters. The SMILES string of the molecule is O=C(NCc1cnc2nc1NCCCNS(=O)(=O)c1cccc(c1)N2)Nc1ccc(F)cc1F. The van der Waals surface area contributed by atoms with Gasteiger partial charge in [-0.05, 0) is 36.8 Å². The van der Waals surface area contributed by atoms with Crippen LogP contribution >= 0.6 is 0 Å². The van der Waals surface area contributed by atoms with Crippen molar-refractivity contribution >= 4 is 39.2 Å². The van der Waals surface area contributed by atoms with Crippen molar-refractivity contribution in [3.63, 3.8) is 0 Å². The lowest BCUT2D eigenvalue weighted by Gasteiger charge is -2.14. The molecule has 0 spiro atoms. The molecule has 0 radical (unpaired) electrons. The summed E-state index contributed by atoms with van der Waals surface area (Å²) >= 11 is 0. The molecule has 4 bridgehead atoms. The highest BCUT2D eigenvalue weighted by Crippen LogP contribution is 2.21. The van der Waals surface area contributed by atoms with E-state index in [2.05, 4.69) is 36.0 Å². The number of fused-ring (bicyclic) bond motifs is 4. The second-order valence-electron chi connectivity index (χ2n) is 7.33. The predicted octanol–water partition coefficient (Wildman–Crippen LogP) is 2.91. The second-order valence-corrected chi connectivity index (χ2v) is 9.10. The predicted molar refractivity (Wildman–Crippen MR) is 122 cm³/mol.